The third-order valence-electron chi connectivity index (χ3n) is 9.13. The highest BCUT2D eigenvalue weighted by molar-refractivity contribution is 7.92. The van der Waals surface area contributed by atoms with E-state index in [1.807, 2.05) is 57.7 Å². The van der Waals surface area contributed by atoms with Crippen LogP contribution in [0.15, 0.2) is 57.8 Å². The molecule has 1 aromatic heterocycles. The number of aryl methyl sites for hydroxylation is 2. The molecule has 5 rings (SSSR count). The number of methoxy groups -OCH3 is 1. The van der Waals surface area contributed by atoms with E-state index in [-0.39, 0.29) is 59.0 Å². The molecule has 2 atom stereocenters. The van der Waals surface area contributed by atoms with Crippen LogP contribution in [0.3, 0.4) is 0 Å². The van der Waals surface area contributed by atoms with E-state index in [1.54, 1.807) is 18.2 Å². The summed E-state index contributed by atoms with van der Waals surface area (Å²) in [4.78, 5) is 26.0. The Morgan fingerprint density at radius 3 is 2.24 bits per heavy atom. The summed E-state index contributed by atoms with van der Waals surface area (Å²) in [7, 11) is -4.27. The topological polar surface area (TPSA) is 131 Å². The summed E-state index contributed by atoms with van der Waals surface area (Å²) in [6.45, 7) is 15.8. The molecular formula is C38H51N5O6S2. The van der Waals surface area contributed by atoms with Crippen LogP contribution in [-0.4, -0.2) is 76.4 Å². The number of benzene rings is 2. The van der Waals surface area contributed by atoms with Gasteiger partial charge in [0, 0.05) is 36.1 Å². The van der Waals surface area contributed by atoms with Crippen molar-refractivity contribution in [3.8, 4) is 17.1 Å². The van der Waals surface area contributed by atoms with Crippen molar-refractivity contribution in [1.29, 1.82) is 0 Å². The van der Waals surface area contributed by atoms with Crippen molar-refractivity contribution in [2.45, 2.75) is 109 Å². The number of rotatable bonds is 6. The fourth-order valence-electron chi connectivity index (χ4n) is 6.68. The molecule has 0 spiro atoms. The van der Waals surface area contributed by atoms with Crippen LogP contribution in [0.1, 0.15) is 95.1 Å². The summed E-state index contributed by atoms with van der Waals surface area (Å²) < 4.78 is 58.6. The number of ether oxygens (including phenoxy) is 2. The second-order valence-corrected chi connectivity index (χ2v) is 19.4. The summed E-state index contributed by atoms with van der Waals surface area (Å²) >= 11 is 0. The predicted molar refractivity (Wildman–Crippen MR) is 202 cm³/mol. The molecule has 1 fully saturated rings. The number of fused-ring (bicyclic) bond motifs is 4. The van der Waals surface area contributed by atoms with Crippen molar-refractivity contribution in [2.24, 2.45) is 9.81 Å². The first kappa shape index (κ1) is 38.5. The number of nitrogens with zero attached hydrogens (tertiary/aromatic N) is 5. The first-order valence-electron chi connectivity index (χ1n) is 17.4. The Labute approximate surface area is 305 Å². The minimum atomic E-state index is -4.31. The maximum atomic E-state index is 14.7. The molecule has 51 heavy (non-hydrogen) atoms. The van der Waals surface area contributed by atoms with Crippen LogP contribution in [0.25, 0.3) is 11.3 Å². The first-order valence-corrected chi connectivity index (χ1v) is 19.9. The van der Waals surface area contributed by atoms with Gasteiger partial charge < -0.3 is 14.4 Å². The van der Waals surface area contributed by atoms with Gasteiger partial charge in [-0.1, -0.05) is 45.0 Å². The maximum Gasteiger partial charge on any atom is 0.268 e. The van der Waals surface area contributed by atoms with E-state index < -0.39 is 25.8 Å². The van der Waals surface area contributed by atoms with Gasteiger partial charge in [0.2, 0.25) is 11.8 Å². The second-order valence-electron chi connectivity index (χ2n) is 15.6. The smallest absolute Gasteiger partial charge is 0.268 e. The summed E-state index contributed by atoms with van der Waals surface area (Å²) in [5.74, 6) is -0.187. The number of amides is 1. The van der Waals surface area contributed by atoms with Gasteiger partial charge >= 0.3 is 0 Å². The fourth-order valence-corrected chi connectivity index (χ4v) is 8.69. The van der Waals surface area contributed by atoms with Crippen LogP contribution in [0.4, 0.5) is 5.95 Å². The Kier molecular flexibility index (Phi) is 11.4. The van der Waals surface area contributed by atoms with Gasteiger partial charge in [0.1, 0.15) is 24.3 Å². The van der Waals surface area contributed by atoms with Crippen LogP contribution < -0.4 is 9.04 Å². The van der Waals surface area contributed by atoms with Gasteiger partial charge in [-0.15, -0.1) is 0 Å². The molecule has 0 saturated heterocycles. The van der Waals surface area contributed by atoms with Crippen molar-refractivity contribution in [3.63, 3.8) is 0 Å². The summed E-state index contributed by atoms with van der Waals surface area (Å²) in [5.41, 5.74) is 4.24. The number of aromatic nitrogens is 2. The monoisotopic (exact) mass is 737 g/mol. The predicted octanol–water partition coefficient (Wildman–Crippen LogP) is 7.04. The molecule has 1 aliphatic carbocycles. The molecule has 1 aliphatic heterocycles. The lowest BCUT2D eigenvalue weighted by atomic mass is 9.85. The van der Waals surface area contributed by atoms with Crippen LogP contribution in [0, 0.1) is 19.3 Å². The van der Waals surface area contributed by atoms with E-state index in [1.165, 1.54) is 19.2 Å². The molecule has 1 saturated carbocycles. The van der Waals surface area contributed by atoms with Gasteiger partial charge in [-0.3, -0.25) is 4.79 Å². The molecule has 2 heterocycles. The van der Waals surface area contributed by atoms with Crippen LogP contribution in [0.2, 0.25) is 0 Å². The third-order valence-corrected chi connectivity index (χ3v) is 12.3. The lowest BCUT2D eigenvalue weighted by Gasteiger charge is -2.42. The molecule has 0 radical (unpaired) electrons. The highest BCUT2D eigenvalue weighted by atomic mass is 32.2. The number of sulfonamides is 1. The largest absolute Gasteiger partial charge is 0.475 e. The van der Waals surface area contributed by atoms with Gasteiger partial charge in [0.25, 0.3) is 15.9 Å². The van der Waals surface area contributed by atoms with Gasteiger partial charge in [0.05, 0.1) is 21.4 Å². The second kappa shape index (κ2) is 15.1. The summed E-state index contributed by atoms with van der Waals surface area (Å²) in [6.07, 6.45) is 3.07. The van der Waals surface area contributed by atoms with Gasteiger partial charge in [-0.05, 0) is 101 Å². The van der Waals surface area contributed by atoms with Gasteiger partial charge in [-0.25, -0.2) is 21.9 Å². The van der Waals surface area contributed by atoms with Crippen molar-refractivity contribution in [3.05, 3.63) is 65.2 Å². The zero-order valence-corrected chi connectivity index (χ0v) is 32.9. The molecule has 13 heteroatoms. The molecule has 4 bridgehead atoms. The van der Waals surface area contributed by atoms with Crippen LogP contribution in [0.5, 0.6) is 5.88 Å². The Bertz CT molecular complexity index is 1900. The third kappa shape index (κ3) is 8.86. The zero-order valence-electron chi connectivity index (χ0n) is 31.2. The van der Waals surface area contributed by atoms with E-state index in [9.17, 15) is 17.4 Å². The Morgan fingerprint density at radius 1 is 0.980 bits per heavy atom. The minimum Gasteiger partial charge on any atom is -0.475 e. The molecule has 2 aliphatic rings. The standard InChI is InChI=1S/C38H51N5O6S2/c1-25-12-10-13-26(2)34(25)32-21-33-40-36(39-32)42(24-48-9)51(46,47)31-15-11-14-27(20-31)35(44)43(30(23-49-33)22-37(3,4)5)29-18-16-28(17-19-29)41-50(45)38(6,7)8/h10-15,20-21,29-30H,16-19,22-24H2,1-9H3/t29?,30-,50?/m1/s1. The Balaban J connectivity index is 1.67. The normalized spacial score (nSPS) is 20.5. The number of hydrogen-bond donors (Lipinski definition) is 0. The molecule has 0 N–H and O–H groups in total. The highest BCUT2D eigenvalue weighted by Crippen LogP contribution is 2.35. The molecule has 11 nitrogen and oxygen atoms in total. The van der Waals surface area contributed by atoms with E-state index in [0.29, 0.717) is 37.8 Å². The van der Waals surface area contributed by atoms with Crippen molar-refractivity contribution >= 4 is 38.6 Å². The van der Waals surface area contributed by atoms with Crippen molar-refractivity contribution in [2.75, 3.05) is 24.8 Å². The SMILES string of the molecule is COCN1c2nc(cc(-c3c(C)cccc3C)n2)OC[C@@H](CC(C)(C)C)N(C2CCC(=NS(=O)C(C)(C)C)CC2)C(=O)c2cccc(c2)S1(=O)=O. The highest BCUT2D eigenvalue weighted by Gasteiger charge is 2.38. The zero-order chi connectivity index (χ0) is 37.3. The lowest BCUT2D eigenvalue weighted by molar-refractivity contribution is 0.0358. The fraction of sp³-hybridized carbons (Fsp3) is 0.526. The molecular weight excluding hydrogens is 687 g/mol. The molecule has 2 aromatic carbocycles. The van der Waals surface area contributed by atoms with Crippen molar-refractivity contribution in [1.82, 2.24) is 14.9 Å². The van der Waals surface area contributed by atoms with Crippen LogP contribution in [-0.2, 0) is 25.7 Å². The van der Waals surface area contributed by atoms with Gasteiger partial charge in [0.15, 0.2) is 0 Å². The minimum absolute atomic E-state index is 0.0803. The summed E-state index contributed by atoms with van der Waals surface area (Å²) in [5, 5.41) is 0. The Morgan fingerprint density at radius 2 is 1.63 bits per heavy atom. The average molecular weight is 738 g/mol. The number of anilines is 1. The van der Waals surface area contributed by atoms with Gasteiger partial charge in [-0.2, -0.15) is 9.38 Å². The Hall–Kier alpha value is -3.68. The van der Waals surface area contributed by atoms with E-state index in [4.69, 9.17) is 14.5 Å². The molecule has 3 aromatic rings. The van der Waals surface area contributed by atoms with E-state index in [2.05, 4.69) is 30.2 Å². The molecule has 276 valence electrons. The maximum absolute atomic E-state index is 14.7. The van der Waals surface area contributed by atoms with E-state index in [0.717, 1.165) is 26.7 Å². The van der Waals surface area contributed by atoms with Crippen molar-refractivity contribution < 1.29 is 26.9 Å². The quantitative estimate of drug-likeness (QED) is 0.263. The average Bonchev–Trinajstić information content (AvgIpc) is 3.05. The number of carbonyl (C=O) groups is 1. The number of carbonyl (C=O) groups excluding carboxylic acids is 1. The number of hydrogen-bond acceptors (Lipinski definition) is 8. The first-order chi connectivity index (χ1) is 23.9. The van der Waals surface area contributed by atoms with Crippen LogP contribution >= 0.6 is 0 Å². The summed E-state index contributed by atoms with van der Waals surface area (Å²) in [6, 6.07) is 13.2. The molecule has 1 unspecified atom stereocenters. The van der Waals surface area contributed by atoms with E-state index >= 15 is 0 Å². The molecule has 1 amide bonds. The lowest BCUT2D eigenvalue weighted by Crippen LogP contribution is -2.52.